The zero-order valence-corrected chi connectivity index (χ0v) is 12.4. The molecule has 5 heteroatoms. The van der Waals surface area contributed by atoms with Crippen molar-refractivity contribution in [2.45, 2.75) is 32.7 Å². The maximum absolute atomic E-state index is 11.8. The number of hydrogen-bond donors (Lipinski definition) is 2. The predicted octanol–water partition coefficient (Wildman–Crippen LogP) is 2.22. The number of nitrogens with one attached hydrogen (secondary N) is 1. The molecule has 0 saturated heterocycles. The van der Waals surface area contributed by atoms with Gasteiger partial charge < -0.3 is 15.2 Å². The molecule has 2 N–H and O–H groups in total. The van der Waals surface area contributed by atoms with Gasteiger partial charge in [-0.05, 0) is 43.9 Å². The first kappa shape index (κ1) is 16.8. The molecule has 5 nitrogen and oxygen atoms in total. The summed E-state index contributed by atoms with van der Waals surface area (Å²) in [7, 11) is 0. The number of carboxylic acids is 1. The van der Waals surface area contributed by atoms with Gasteiger partial charge in [0.05, 0.1) is 0 Å². The number of amides is 1. The van der Waals surface area contributed by atoms with E-state index in [9.17, 15) is 9.59 Å². The molecule has 0 aliphatic carbocycles. The smallest absolute Gasteiger partial charge is 0.326 e. The lowest BCUT2D eigenvalue weighted by atomic mass is 10.1. The van der Waals surface area contributed by atoms with E-state index in [1.165, 1.54) is 0 Å². The third-order valence-electron chi connectivity index (χ3n) is 3.00. The Morgan fingerprint density at radius 2 is 2.14 bits per heavy atom. The van der Waals surface area contributed by atoms with Crippen LogP contribution in [0.2, 0.25) is 0 Å². The highest BCUT2D eigenvalue weighted by Gasteiger charge is 2.19. The fraction of sp³-hybridized carbons (Fsp3) is 0.375. The summed E-state index contributed by atoms with van der Waals surface area (Å²) in [5, 5.41) is 11.5. The Kier molecular flexibility index (Phi) is 6.46. The lowest BCUT2D eigenvalue weighted by molar-refractivity contribution is -0.142. The van der Waals surface area contributed by atoms with Crippen LogP contribution in [0.1, 0.15) is 24.0 Å². The molecule has 1 aromatic rings. The van der Waals surface area contributed by atoms with E-state index in [0.29, 0.717) is 18.6 Å². The van der Waals surface area contributed by atoms with Crippen LogP contribution in [0.3, 0.4) is 0 Å². The molecule has 0 bridgehead atoms. The third-order valence-corrected chi connectivity index (χ3v) is 3.00. The van der Waals surface area contributed by atoms with E-state index in [4.69, 9.17) is 9.84 Å². The van der Waals surface area contributed by atoms with Gasteiger partial charge in [-0.3, -0.25) is 4.79 Å². The molecule has 1 amide bonds. The largest absolute Gasteiger partial charge is 0.483 e. The Labute approximate surface area is 124 Å². The first-order valence-corrected chi connectivity index (χ1v) is 6.77. The van der Waals surface area contributed by atoms with E-state index in [1.807, 2.05) is 32.0 Å². The van der Waals surface area contributed by atoms with Crippen molar-refractivity contribution in [1.82, 2.24) is 5.32 Å². The van der Waals surface area contributed by atoms with Gasteiger partial charge in [-0.15, -0.1) is 6.58 Å². The molecule has 1 aromatic carbocycles. The Balaban J connectivity index is 2.54. The minimum Gasteiger partial charge on any atom is -0.483 e. The molecular weight excluding hydrogens is 270 g/mol. The monoisotopic (exact) mass is 291 g/mol. The van der Waals surface area contributed by atoms with Gasteiger partial charge in [0.15, 0.2) is 6.61 Å². The summed E-state index contributed by atoms with van der Waals surface area (Å²) in [4.78, 5) is 22.8. The Bertz CT molecular complexity index is 525. The van der Waals surface area contributed by atoms with Gasteiger partial charge in [0.25, 0.3) is 5.91 Å². The topological polar surface area (TPSA) is 75.6 Å². The van der Waals surface area contributed by atoms with Crippen LogP contribution in [0.15, 0.2) is 30.9 Å². The van der Waals surface area contributed by atoms with Crippen molar-refractivity contribution in [3.05, 3.63) is 42.0 Å². The lowest BCUT2D eigenvalue weighted by Crippen LogP contribution is -2.42. The Hall–Kier alpha value is -2.30. The maximum atomic E-state index is 11.8. The summed E-state index contributed by atoms with van der Waals surface area (Å²) in [5.74, 6) is -0.882. The van der Waals surface area contributed by atoms with Crippen molar-refractivity contribution in [1.29, 1.82) is 0 Å². The summed E-state index contributed by atoms with van der Waals surface area (Å²) in [6.45, 7) is 7.15. The Morgan fingerprint density at radius 3 is 2.76 bits per heavy atom. The number of ether oxygens (including phenoxy) is 1. The van der Waals surface area contributed by atoms with Crippen molar-refractivity contribution < 1.29 is 19.4 Å². The van der Waals surface area contributed by atoms with Gasteiger partial charge in [-0.2, -0.15) is 0 Å². The van der Waals surface area contributed by atoms with Gasteiger partial charge >= 0.3 is 5.97 Å². The molecule has 21 heavy (non-hydrogen) atoms. The van der Waals surface area contributed by atoms with Gasteiger partial charge in [-0.25, -0.2) is 4.79 Å². The van der Waals surface area contributed by atoms with E-state index in [-0.39, 0.29) is 6.61 Å². The minimum absolute atomic E-state index is 0.206. The van der Waals surface area contributed by atoms with Crippen LogP contribution < -0.4 is 10.1 Å². The van der Waals surface area contributed by atoms with Crippen molar-refractivity contribution in [2.24, 2.45) is 0 Å². The van der Waals surface area contributed by atoms with Crippen molar-refractivity contribution in [3.8, 4) is 5.75 Å². The number of carbonyl (C=O) groups excluding carboxylic acids is 1. The molecule has 0 fully saturated rings. The van der Waals surface area contributed by atoms with E-state index < -0.39 is 17.9 Å². The van der Waals surface area contributed by atoms with Crippen LogP contribution in [0.4, 0.5) is 0 Å². The van der Waals surface area contributed by atoms with Gasteiger partial charge in [0.2, 0.25) is 0 Å². The molecule has 1 rings (SSSR count). The molecule has 0 spiro atoms. The summed E-state index contributed by atoms with van der Waals surface area (Å²) in [6, 6.07) is 4.79. The number of benzene rings is 1. The van der Waals surface area contributed by atoms with Gasteiger partial charge in [0, 0.05) is 0 Å². The summed E-state index contributed by atoms with van der Waals surface area (Å²) in [5.41, 5.74) is 1.96. The van der Waals surface area contributed by atoms with E-state index in [0.717, 1.165) is 11.1 Å². The zero-order chi connectivity index (χ0) is 15.8. The number of rotatable bonds is 8. The van der Waals surface area contributed by atoms with Crippen LogP contribution in [0.5, 0.6) is 5.75 Å². The van der Waals surface area contributed by atoms with Crippen molar-refractivity contribution >= 4 is 11.9 Å². The average Bonchev–Trinajstić information content (AvgIpc) is 2.44. The van der Waals surface area contributed by atoms with Crippen LogP contribution >= 0.6 is 0 Å². The number of carboxylic acid groups (broad SMARTS) is 1. The zero-order valence-electron chi connectivity index (χ0n) is 12.4. The SMILES string of the molecule is C=CCCC(NC(=O)COc1cc(C)ccc1C)C(=O)O. The Morgan fingerprint density at radius 1 is 1.43 bits per heavy atom. The summed E-state index contributed by atoms with van der Waals surface area (Å²) >= 11 is 0. The van der Waals surface area contributed by atoms with Gasteiger partial charge in [0.1, 0.15) is 11.8 Å². The van der Waals surface area contributed by atoms with Crippen LogP contribution in [0, 0.1) is 13.8 Å². The molecule has 0 radical (unpaired) electrons. The third kappa shape index (κ3) is 5.69. The minimum atomic E-state index is -1.06. The van der Waals surface area contributed by atoms with Crippen molar-refractivity contribution in [3.63, 3.8) is 0 Å². The number of hydrogen-bond acceptors (Lipinski definition) is 3. The van der Waals surface area contributed by atoms with Crippen LogP contribution in [0.25, 0.3) is 0 Å². The average molecular weight is 291 g/mol. The summed E-state index contributed by atoms with van der Waals surface area (Å²) < 4.78 is 5.44. The van der Waals surface area contributed by atoms with Crippen molar-refractivity contribution in [2.75, 3.05) is 6.61 Å². The predicted molar refractivity (Wildman–Crippen MR) is 80.4 cm³/mol. The molecule has 0 saturated carbocycles. The standard InChI is InChI=1S/C16H21NO4/c1-4-5-6-13(16(19)20)17-15(18)10-21-14-9-11(2)7-8-12(14)3/h4,7-9,13H,1,5-6,10H2,2-3H3,(H,17,18)(H,19,20). The first-order valence-electron chi connectivity index (χ1n) is 6.77. The molecule has 1 unspecified atom stereocenters. The highest BCUT2D eigenvalue weighted by atomic mass is 16.5. The molecule has 0 heterocycles. The first-order chi connectivity index (χ1) is 9.93. The number of carbonyl (C=O) groups is 2. The van der Waals surface area contributed by atoms with Gasteiger partial charge in [-0.1, -0.05) is 18.2 Å². The summed E-state index contributed by atoms with van der Waals surface area (Å²) in [6.07, 6.45) is 2.46. The maximum Gasteiger partial charge on any atom is 0.326 e. The second-order valence-corrected chi connectivity index (χ2v) is 4.88. The van der Waals surface area contributed by atoms with E-state index in [1.54, 1.807) is 6.08 Å². The second kappa shape index (κ2) is 8.09. The quantitative estimate of drug-likeness (QED) is 0.720. The van der Waals surface area contributed by atoms with E-state index >= 15 is 0 Å². The molecule has 0 aliphatic rings. The molecule has 1 atom stereocenters. The van der Waals surface area contributed by atoms with E-state index in [2.05, 4.69) is 11.9 Å². The lowest BCUT2D eigenvalue weighted by Gasteiger charge is -2.14. The normalized spacial score (nSPS) is 11.5. The highest BCUT2D eigenvalue weighted by molar-refractivity contribution is 5.84. The molecule has 0 aromatic heterocycles. The molecule has 114 valence electrons. The fourth-order valence-electron chi connectivity index (χ4n) is 1.78. The number of aryl methyl sites for hydroxylation is 2. The van der Waals surface area contributed by atoms with Crippen LogP contribution in [-0.2, 0) is 9.59 Å². The second-order valence-electron chi connectivity index (χ2n) is 4.88. The number of allylic oxidation sites excluding steroid dienone is 1. The van der Waals surface area contributed by atoms with Crippen LogP contribution in [-0.4, -0.2) is 29.6 Å². The number of aliphatic carboxylic acids is 1. The molecular formula is C16H21NO4. The fourth-order valence-corrected chi connectivity index (χ4v) is 1.78. The highest BCUT2D eigenvalue weighted by Crippen LogP contribution is 2.18. The molecule has 0 aliphatic heterocycles.